The predicted molar refractivity (Wildman–Crippen MR) is 108 cm³/mol. The van der Waals surface area contributed by atoms with Gasteiger partial charge in [0.2, 0.25) is 0 Å². The number of para-hydroxylation sites is 1. The van der Waals surface area contributed by atoms with Crippen LogP contribution in [0.25, 0.3) is 10.9 Å². The van der Waals surface area contributed by atoms with Crippen LogP contribution < -0.4 is 10.2 Å². The van der Waals surface area contributed by atoms with Gasteiger partial charge in [0.05, 0.1) is 23.9 Å². The van der Waals surface area contributed by atoms with Crippen LogP contribution in [-0.4, -0.2) is 28.8 Å². The monoisotopic (exact) mass is 375 g/mol. The van der Waals surface area contributed by atoms with Crippen molar-refractivity contribution in [1.82, 2.24) is 10.4 Å². The zero-order chi connectivity index (χ0) is 19.5. The Hall–Kier alpha value is -3.41. The van der Waals surface area contributed by atoms with Gasteiger partial charge in [0, 0.05) is 17.0 Å². The van der Waals surface area contributed by atoms with E-state index in [1.54, 1.807) is 12.1 Å². The fourth-order valence-electron chi connectivity index (χ4n) is 3.09. The third-order valence-corrected chi connectivity index (χ3v) is 4.64. The summed E-state index contributed by atoms with van der Waals surface area (Å²) in [5, 5.41) is 14.8. The summed E-state index contributed by atoms with van der Waals surface area (Å²) in [5.41, 5.74) is 5.58. The largest absolute Gasteiger partial charge is 0.504 e. The van der Waals surface area contributed by atoms with Crippen LogP contribution in [0.15, 0.2) is 53.6 Å². The molecule has 142 valence electrons. The maximum absolute atomic E-state index is 12.7. The van der Waals surface area contributed by atoms with Gasteiger partial charge in [-0.3, -0.25) is 9.78 Å². The van der Waals surface area contributed by atoms with Gasteiger partial charge in [-0.05, 0) is 55.7 Å². The topological polar surface area (TPSA) is 83.8 Å². The third-order valence-electron chi connectivity index (χ3n) is 4.64. The first-order chi connectivity index (χ1) is 13.7. The molecule has 0 saturated heterocycles. The van der Waals surface area contributed by atoms with Gasteiger partial charge in [0.1, 0.15) is 0 Å². The average Bonchev–Trinajstić information content (AvgIpc) is 3.54. The van der Waals surface area contributed by atoms with Crippen LogP contribution in [-0.2, 0) is 0 Å². The van der Waals surface area contributed by atoms with Crippen molar-refractivity contribution in [2.75, 3.05) is 6.61 Å². The van der Waals surface area contributed by atoms with Crippen molar-refractivity contribution in [3.05, 3.63) is 65.4 Å². The number of aromatic hydroxyl groups is 1. The molecule has 0 bridgehead atoms. The van der Waals surface area contributed by atoms with Crippen LogP contribution in [0, 0.1) is 0 Å². The van der Waals surface area contributed by atoms with Gasteiger partial charge < -0.3 is 9.84 Å². The number of benzene rings is 2. The SMILES string of the molecule is CCOc1ccc(C=NNC(=O)c2cc(C3CC3)nc3ccccc23)cc1O. The molecule has 1 aromatic heterocycles. The molecule has 2 aromatic carbocycles. The van der Waals surface area contributed by atoms with Crippen LogP contribution >= 0.6 is 0 Å². The Balaban J connectivity index is 1.54. The molecule has 4 rings (SSSR count). The molecule has 1 heterocycles. The number of pyridine rings is 1. The first kappa shape index (κ1) is 18.0. The van der Waals surface area contributed by atoms with Crippen molar-refractivity contribution >= 4 is 23.0 Å². The van der Waals surface area contributed by atoms with Crippen molar-refractivity contribution < 1.29 is 14.6 Å². The van der Waals surface area contributed by atoms with E-state index >= 15 is 0 Å². The first-order valence-corrected chi connectivity index (χ1v) is 9.34. The molecule has 28 heavy (non-hydrogen) atoms. The second kappa shape index (κ2) is 7.68. The van der Waals surface area contributed by atoms with Gasteiger partial charge in [0.15, 0.2) is 11.5 Å². The van der Waals surface area contributed by atoms with E-state index in [1.165, 1.54) is 12.3 Å². The Morgan fingerprint density at radius 3 is 2.86 bits per heavy atom. The smallest absolute Gasteiger partial charge is 0.272 e. The van der Waals surface area contributed by atoms with Gasteiger partial charge in [0.25, 0.3) is 5.91 Å². The van der Waals surface area contributed by atoms with E-state index in [2.05, 4.69) is 15.5 Å². The van der Waals surface area contributed by atoms with Crippen molar-refractivity contribution in [3.8, 4) is 11.5 Å². The summed E-state index contributed by atoms with van der Waals surface area (Å²) in [6.07, 6.45) is 3.72. The fourth-order valence-corrected chi connectivity index (χ4v) is 3.09. The lowest BCUT2D eigenvalue weighted by atomic mass is 10.1. The Morgan fingerprint density at radius 2 is 2.11 bits per heavy atom. The summed E-state index contributed by atoms with van der Waals surface area (Å²) in [7, 11) is 0. The molecule has 1 saturated carbocycles. The van der Waals surface area contributed by atoms with E-state index in [4.69, 9.17) is 4.74 Å². The van der Waals surface area contributed by atoms with E-state index < -0.39 is 0 Å². The molecule has 1 aliphatic rings. The maximum Gasteiger partial charge on any atom is 0.272 e. The zero-order valence-electron chi connectivity index (χ0n) is 15.6. The van der Waals surface area contributed by atoms with Crippen molar-refractivity contribution in [3.63, 3.8) is 0 Å². The molecule has 0 unspecified atom stereocenters. The Labute approximate surface area is 162 Å². The molecular formula is C22H21N3O3. The Morgan fingerprint density at radius 1 is 1.29 bits per heavy atom. The third kappa shape index (κ3) is 3.81. The second-order valence-electron chi connectivity index (χ2n) is 6.75. The van der Waals surface area contributed by atoms with Gasteiger partial charge in [-0.25, -0.2) is 5.43 Å². The molecule has 3 aromatic rings. The van der Waals surface area contributed by atoms with Crippen LogP contribution in [0.1, 0.15) is 47.3 Å². The number of hydrogen-bond acceptors (Lipinski definition) is 5. The summed E-state index contributed by atoms with van der Waals surface area (Å²) in [6, 6.07) is 14.5. The van der Waals surface area contributed by atoms with Gasteiger partial charge in [-0.15, -0.1) is 0 Å². The number of carbonyl (C=O) groups is 1. The summed E-state index contributed by atoms with van der Waals surface area (Å²) in [4.78, 5) is 17.4. The van der Waals surface area contributed by atoms with E-state index in [0.717, 1.165) is 29.4 Å². The molecule has 0 aliphatic heterocycles. The summed E-state index contributed by atoms with van der Waals surface area (Å²) >= 11 is 0. The van der Waals surface area contributed by atoms with E-state index in [9.17, 15) is 9.90 Å². The number of aromatic nitrogens is 1. The highest BCUT2D eigenvalue weighted by molar-refractivity contribution is 6.06. The quantitative estimate of drug-likeness (QED) is 0.504. The van der Waals surface area contributed by atoms with Gasteiger partial charge in [-0.1, -0.05) is 18.2 Å². The Kier molecular flexibility index (Phi) is 4.93. The molecular weight excluding hydrogens is 354 g/mol. The molecule has 6 nitrogen and oxygen atoms in total. The number of nitrogens with one attached hydrogen (secondary N) is 1. The molecule has 1 aliphatic carbocycles. The normalized spacial score (nSPS) is 13.8. The number of phenols is 1. The minimum atomic E-state index is -0.285. The lowest BCUT2D eigenvalue weighted by Gasteiger charge is -2.08. The van der Waals surface area contributed by atoms with Crippen LogP contribution in [0.3, 0.4) is 0 Å². The van der Waals surface area contributed by atoms with E-state index in [0.29, 0.717) is 29.4 Å². The lowest BCUT2D eigenvalue weighted by Crippen LogP contribution is -2.18. The molecule has 0 spiro atoms. The van der Waals surface area contributed by atoms with Crippen LogP contribution in [0.4, 0.5) is 0 Å². The fraction of sp³-hybridized carbons (Fsp3) is 0.227. The highest BCUT2D eigenvalue weighted by Gasteiger charge is 2.26. The minimum Gasteiger partial charge on any atom is -0.504 e. The number of hydrazone groups is 1. The zero-order valence-corrected chi connectivity index (χ0v) is 15.6. The number of phenolic OH excluding ortho intramolecular Hbond substituents is 1. The van der Waals surface area contributed by atoms with Crippen molar-refractivity contribution in [2.45, 2.75) is 25.7 Å². The summed E-state index contributed by atoms with van der Waals surface area (Å²) in [6.45, 7) is 2.32. The number of rotatable bonds is 6. The van der Waals surface area contributed by atoms with Crippen LogP contribution in [0.5, 0.6) is 11.5 Å². The Bertz CT molecular complexity index is 1060. The summed E-state index contributed by atoms with van der Waals surface area (Å²) in [5.74, 6) is 0.615. The predicted octanol–water partition coefficient (Wildman–Crippen LogP) is 3.98. The number of hydrogen-bond donors (Lipinski definition) is 2. The highest BCUT2D eigenvalue weighted by atomic mass is 16.5. The highest BCUT2D eigenvalue weighted by Crippen LogP contribution is 2.40. The first-order valence-electron chi connectivity index (χ1n) is 9.34. The van der Waals surface area contributed by atoms with Crippen molar-refractivity contribution in [2.24, 2.45) is 5.10 Å². The number of ether oxygens (including phenoxy) is 1. The van der Waals surface area contributed by atoms with E-state index in [1.807, 2.05) is 37.3 Å². The second-order valence-corrected chi connectivity index (χ2v) is 6.75. The standard InChI is InChI=1S/C22H21N3O3/c1-2-28-21-10-7-14(11-20(21)26)13-23-25-22(27)17-12-19(15-8-9-15)24-18-6-4-3-5-16(17)18/h3-7,10-13,15,26H,2,8-9H2,1H3,(H,25,27). The summed E-state index contributed by atoms with van der Waals surface area (Å²) < 4.78 is 5.30. The molecule has 1 fully saturated rings. The molecule has 0 atom stereocenters. The lowest BCUT2D eigenvalue weighted by molar-refractivity contribution is 0.0956. The molecule has 6 heteroatoms. The van der Waals surface area contributed by atoms with Gasteiger partial charge >= 0.3 is 0 Å². The number of fused-ring (bicyclic) bond motifs is 1. The number of carbonyl (C=O) groups excluding carboxylic acids is 1. The average molecular weight is 375 g/mol. The molecule has 0 radical (unpaired) electrons. The number of amides is 1. The maximum atomic E-state index is 12.7. The number of nitrogens with zero attached hydrogens (tertiary/aromatic N) is 2. The van der Waals surface area contributed by atoms with Crippen LogP contribution in [0.2, 0.25) is 0 Å². The molecule has 2 N–H and O–H groups in total. The van der Waals surface area contributed by atoms with Crippen molar-refractivity contribution in [1.29, 1.82) is 0 Å². The van der Waals surface area contributed by atoms with Gasteiger partial charge in [-0.2, -0.15) is 5.10 Å². The minimum absolute atomic E-state index is 0.0336. The molecule has 1 amide bonds. The van der Waals surface area contributed by atoms with E-state index in [-0.39, 0.29) is 11.7 Å².